The van der Waals surface area contributed by atoms with E-state index in [2.05, 4.69) is 15.8 Å². The van der Waals surface area contributed by atoms with E-state index in [-0.39, 0.29) is 17.9 Å². The number of nitrogens with zero attached hydrogens (tertiary/aromatic N) is 2. The van der Waals surface area contributed by atoms with Gasteiger partial charge in [-0.15, -0.1) is 11.3 Å². The second-order valence-electron chi connectivity index (χ2n) is 8.93. The first-order valence-corrected chi connectivity index (χ1v) is 13.7. The Hall–Kier alpha value is -2.26. The molecule has 0 amide bonds. The molecule has 8 heteroatoms. The summed E-state index contributed by atoms with van der Waals surface area (Å²) in [6, 6.07) is 14.0. The van der Waals surface area contributed by atoms with Gasteiger partial charge in [0.15, 0.2) is 0 Å². The van der Waals surface area contributed by atoms with E-state index in [9.17, 15) is 8.42 Å². The number of rotatable bonds is 9. The summed E-state index contributed by atoms with van der Waals surface area (Å²) >= 11 is 1.65. The Morgan fingerprint density at radius 2 is 1.94 bits per heavy atom. The summed E-state index contributed by atoms with van der Waals surface area (Å²) in [5.74, 6) is 0.954. The van der Waals surface area contributed by atoms with Crippen molar-refractivity contribution in [1.29, 1.82) is 0 Å². The van der Waals surface area contributed by atoms with E-state index in [4.69, 9.17) is 4.74 Å². The molecular formula is C25H31N3O3S2. The topological polar surface area (TPSA) is 71.5 Å². The number of hydrogen-bond donors (Lipinski definition) is 1. The van der Waals surface area contributed by atoms with Gasteiger partial charge in [0, 0.05) is 24.3 Å². The molecule has 1 unspecified atom stereocenters. The first-order chi connectivity index (χ1) is 15.7. The van der Waals surface area contributed by atoms with Gasteiger partial charge < -0.3 is 9.64 Å². The minimum Gasteiger partial charge on any atom is -0.491 e. The molecule has 1 atom stereocenters. The fourth-order valence-electron chi connectivity index (χ4n) is 4.07. The van der Waals surface area contributed by atoms with E-state index in [1.54, 1.807) is 11.3 Å². The number of nitrogens with one attached hydrogen (secondary N) is 1. The molecule has 33 heavy (non-hydrogen) atoms. The average Bonchev–Trinajstić information content (AvgIpc) is 3.40. The third kappa shape index (κ3) is 5.81. The number of sulfonamides is 1. The normalized spacial score (nSPS) is 15.9. The van der Waals surface area contributed by atoms with Gasteiger partial charge in [0.05, 0.1) is 16.7 Å². The summed E-state index contributed by atoms with van der Waals surface area (Å²) in [4.78, 5) is 7.64. The molecule has 0 saturated carbocycles. The van der Waals surface area contributed by atoms with Crippen LogP contribution in [0, 0.1) is 0 Å². The van der Waals surface area contributed by atoms with Crippen molar-refractivity contribution < 1.29 is 13.2 Å². The smallest absolute Gasteiger partial charge is 0.213 e. The molecule has 1 aliphatic carbocycles. The van der Waals surface area contributed by atoms with Crippen LogP contribution in [0.1, 0.15) is 37.4 Å². The van der Waals surface area contributed by atoms with Crippen LogP contribution in [0.25, 0.3) is 21.0 Å². The molecule has 176 valence electrons. The van der Waals surface area contributed by atoms with Crippen molar-refractivity contribution >= 4 is 21.4 Å². The number of benzene rings is 2. The summed E-state index contributed by atoms with van der Waals surface area (Å²) < 4.78 is 33.7. The molecular weight excluding hydrogens is 454 g/mol. The maximum absolute atomic E-state index is 12.5. The van der Waals surface area contributed by atoms with Crippen molar-refractivity contribution in [3.8, 4) is 26.8 Å². The first kappa shape index (κ1) is 23.9. The van der Waals surface area contributed by atoms with Gasteiger partial charge in [0.1, 0.15) is 10.8 Å². The summed E-state index contributed by atoms with van der Waals surface area (Å²) in [5, 5.41) is 0.956. The van der Waals surface area contributed by atoms with E-state index in [0.29, 0.717) is 6.54 Å². The monoisotopic (exact) mass is 485 g/mol. The maximum atomic E-state index is 12.5. The SMILES string of the molecule is CC(C)Oc1ccc(-c2ncc(-c3cccc4c3CCC4NS(=O)(=O)CCN(C)C)s2)cc1. The Morgan fingerprint density at radius 3 is 2.64 bits per heavy atom. The zero-order valence-corrected chi connectivity index (χ0v) is 21.2. The van der Waals surface area contributed by atoms with Gasteiger partial charge >= 0.3 is 0 Å². The molecule has 0 spiro atoms. The fraction of sp³-hybridized carbons (Fsp3) is 0.400. The van der Waals surface area contributed by atoms with Gasteiger partial charge in [-0.1, -0.05) is 18.2 Å². The van der Waals surface area contributed by atoms with Crippen LogP contribution in [0.2, 0.25) is 0 Å². The standard InChI is InChI=1S/C25H31N3O3S2/c1-17(2)31-19-10-8-18(9-11-19)25-26-16-24(32-25)22-7-5-6-21-20(22)12-13-23(21)27-33(29,30)15-14-28(3)4/h5-11,16-17,23,27H,12-15H2,1-4H3. The lowest BCUT2D eigenvalue weighted by molar-refractivity contribution is 0.242. The van der Waals surface area contributed by atoms with Gasteiger partial charge in [-0.05, 0) is 81.7 Å². The lowest BCUT2D eigenvalue weighted by atomic mass is 10.0. The van der Waals surface area contributed by atoms with E-state index < -0.39 is 10.0 Å². The molecule has 6 nitrogen and oxygen atoms in total. The summed E-state index contributed by atoms with van der Waals surface area (Å²) in [6.45, 7) is 4.53. The van der Waals surface area contributed by atoms with Crippen LogP contribution in [-0.2, 0) is 16.4 Å². The summed E-state index contributed by atoms with van der Waals surface area (Å²) in [7, 11) is 0.422. The lowest BCUT2D eigenvalue weighted by Crippen LogP contribution is -2.33. The van der Waals surface area contributed by atoms with Gasteiger partial charge in [-0.2, -0.15) is 0 Å². The van der Waals surface area contributed by atoms with E-state index in [0.717, 1.165) is 45.2 Å². The molecule has 0 aliphatic heterocycles. The molecule has 1 aliphatic rings. The van der Waals surface area contributed by atoms with Gasteiger partial charge in [-0.25, -0.2) is 18.1 Å². The number of aromatic nitrogens is 1. The highest BCUT2D eigenvalue weighted by atomic mass is 32.2. The van der Waals surface area contributed by atoms with Crippen molar-refractivity contribution in [2.24, 2.45) is 0 Å². The number of thiazole rings is 1. The van der Waals surface area contributed by atoms with E-state index in [1.165, 1.54) is 5.56 Å². The highest BCUT2D eigenvalue weighted by Gasteiger charge is 2.28. The molecule has 3 aromatic rings. The zero-order chi connectivity index (χ0) is 23.6. The minimum atomic E-state index is -3.34. The Kier molecular flexibility index (Phi) is 7.19. The largest absolute Gasteiger partial charge is 0.491 e. The van der Waals surface area contributed by atoms with Crippen molar-refractivity contribution in [3.05, 3.63) is 59.8 Å². The van der Waals surface area contributed by atoms with Crippen molar-refractivity contribution in [2.45, 2.75) is 38.8 Å². The van der Waals surface area contributed by atoms with Crippen LogP contribution in [0.4, 0.5) is 0 Å². The second kappa shape index (κ2) is 9.93. The van der Waals surface area contributed by atoms with Crippen LogP contribution in [-0.4, -0.2) is 50.8 Å². The van der Waals surface area contributed by atoms with Crippen molar-refractivity contribution in [3.63, 3.8) is 0 Å². The molecule has 1 N–H and O–H groups in total. The Balaban J connectivity index is 1.54. The van der Waals surface area contributed by atoms with Gasteiger partial charge in [0.25, 0.3) is 0 Å². The second-order valence-corrected chi connectivity index (χ2v) is 11.8. The molecule has 0 fully saturated rings. The third-order valence-electron chi connectivity index (χ3n) is 5.64. The van der Waals surface area contributed by atoms with Crippen LogP contribution in [0.5, 0.6) is 5.75 Å². The molecule has 0 radical (unpaired) electrons. The highest BCUT2D eigenvalue weighted by Crippen LogP contribution is 2.41. The van der Waals surface area contributed by atoms with Crippen LogP contribution < -0.4 is 9.46 Å². The molecule has 1 aromatic heterocycles. The molecule has 1 heterocycles. The van der Waals surface area contributed by atoms with Crippen LogP contribution >= 0.6 is 11.3 Å². The number of hydrogen-bond acceptors (Lipinski definition) is 6. The zero-order valence-electron chi connectivity index (χ0n) is 19.5. The highest BCUT2D eigenvalue weighted by molar-refractivity contribution is 7.89. The van der Waals surface area contributed by atoms with Crippen LogP contribution in [0.15, 0.2) is 48.7 Å². The summed E-state index contributed by atoms with van der Waals surface area (Å²) in [6.07, 6.45) is 3.68. The Labute approximate surface area is 200 Å². The maximum Gasteiger partial charge on any atom is 0.213 e. The summed E-state index contributed by atoms with van der Waals surface area (Å²) in [5.41, 5.74) is 4.49. The molecule has 4 rings (SSSR count). The average molecular weight is 486 g/mol. The number of fused-ring (bicyclic) bond motifs is 1. The third-order valence-corrected chi connectivity index (χ3v) is 8.09. The van der Waals surface area contributed by atoms with Gasteiger partial charge in [0.2, 0.25) is 10.0 Å². The van der Waals surface area contributed by atoms with E-state index >= 15 is 0 Å². The van der Waals surface area contributed by atoms with E-state index in [1.807, 2.05) is 75.4 Å². The van der Waals surface area contributed by atoms with Crippen LogP contribution in [0.3, 0.4) is 0 Å². The minimum absolute atomic E-state index is 0.102. The van der Waals surface area contributed by atoms with Crippen molar-refractivity contribution in [2.75, 3.05) is 26.4 Å². The molecule has 2 aromatic carbocycles. The van der Waals surface area contributed by atoms with Crippen molar-refractivity contribution in [1.82, 2.24) is 14.6 Å². The lowest BCUT2D eigenvalue weighted by Gasteiger charge is -2.16. The molecule has 0 saturated heterocycles. The van der Waals surface area contributed by atoms with Gasteiger partial charge in [-0.3, -0.25) is 0 Å². The Bertz CT molecular complexity index is 1200. The first-order valence-electron chi connectivity index (χ1n) is 11.2. The quantitative estimate of drug-likeness (QED) is 0.474. The molecule has 0 bridgehead atoms. The number of ether oxygens (including phenoxy) is 1. The predicted octanol–water partition coefficient (Wildman–Crippen LogP) is 4.73. The predicted molar refractivity (Wildman–Crippen MR) is 135 cm³/mol. The Morgan fingerprint density at radius 1 is 1.18 bits per heavy atom. The fourth-order valence-corrected chi connectivity index (χ4v) is 6.44.